The fourth-order valence-corrected chi connectivity index (χ4v) is 5.12. The second-order valence-electron chi connectivity index (χ2n) is 6.59. The molecule has 0 aliphatic rings. The van der Waals surface area contributed by atoms with Crippen molar-refractivity contribution < 1.29 is 14.3 Å². The molecule has 32 heavy (non-hydrogen) atoms. The fraction of sp³-hybridized carbons (Fsp3) is 0.130. The number of benzene rings is 2. The van der Waals surface area contributed by atoms with Crippen LogP contribution in [0.2, 0.25) is 5.02 Å². The number of amides is 1. The van der Waals surface area contributed by atoms with Crippen molar-refractivity contribution >= 4 is 62.5 Å². The molecule has 4 aromatic rings. The van der Waals surface area contributed by atoms with E-state index in [1.54, 1.807) is 18.4 Å². The van der Waals surface area contributed by atoms with Crippen molar-refractivity contribution in [1.29, 1.82) is 0 Å². The Morgan fingerprint density at radius 1 is 1.09 bits per heavy atom. The molecule has 2 aromatic heterocycles. The van der Waals surface area contributed by atoms with Gasteiger partial charge in [0.05, 0.1) is 17.9 Å². The molecule has 0 bridgehead atoms. The van der Waals surface area contributed by atoms with Gasteiger partial charge in [0.15, 0.2) is 0 Å². The summed E-state index contributed by atoms with van der Waals surface area (Å²) >= 11 is 8.91. The van der Waals surface area contributed by atoms with Gasteiger partial charge in [0.1, 0.15) is 21.9 Å². The van der Waals surface area contributed by atoms with Crippen molar-refractivity contribution in [2.45, 2.75) is 11.9 Å². The van der Waals surface area contributed by atoms with E-state index in [2.05, 4.69) is 15.3 Å². The predicted molar refractivity (Wildman–Crippen MR) is 130 cm³/mol. The molecule has 0 fully saturated rings. The van der Waals surface area contributed by atoms with Crippen LogP contribution in [-0.2, 0) is 9.53 Å². The molecule has 1 N–H and O–H groups in total. The standard InChI is InChI=1S/C23H18ClN3O3S2/c1-2-30-23(29)20-16(14-7-3-5-9-17(14)24)11-31-22(20)27-19(28)12-32-21-15-8-4-6-10-18(15)25-13-26-21/h3-11,13H,2,12H2,1H3,(H,27,28). The molecule has 0 saturated heterocycles. The summed E-state index contributed by atoms with van der Waals surface area (Å²) in [6, 6.07) is 14.9. The van der Waals surface area contributed by atoms with Crippen LogP contribution in [0.4, 0.5) is 5.00 Å². The molecule has 0 unspecified atom stereocenters. The van der Waals surface area contributed by atoms with E-state index >= 15 is 0 Å². The summed E-state index contributed by atoms with van der Waals surface area (Å²) in [7, 11) is 0. The number of carbonyl (C=O) groups excluding carboxylic acids is 2. The highest BCUT2D eigenvalue weighted by Crippen LogP contribution is 2.39. The van der Waals surface area contributed by atoms with Crippen molar-refractivity contribution in [3.8, 4) is 11.1 Å². The monoisotopic (exact) mass is 483 g/mol. The van der Waals surface area contributed by atoms with E-state index in [0.717, 1.165) is 15.9 Å². The molecule has 9 heteroatoms. The number of halogens is 1. The Kier molecular flexibility index (Phi) is 7.04. The molecule has 0 aliphatic carbocycles. The molecule has 162 valence electrons. The second kappa shape index (κ2) is 10.1. The van der Waals surface area contributed by atoms with Crippen LogP contribution in [-0.4, -0.2) is 34.2 Å². The van der Waals surface area contributed by atoms with Crippen LogP contribution in [0.1, 0.15) is 17.3 Å². The van der Waals surface area contributed by atoms with E-state index in [-0.39, 0.29) is 18.3 Å². The Morgan fingerprint density at radius 3 is 2.69 bits per heavy atom. The third-order valence-corrected chi connectivity index (χ3v) is 6.76. The second-order valence-corrected chi connectivity index (χ2v) is 8.84. The van der Waals surface area contributed by atoms with Crippen LogP contribution in [0, 0.1) is 0 Å². The number of nitrogens with one attached hydrogen (secondary N) is 1. The molecule has 2 aromatic carbocycles. The number of thioether (sulfide) groups is 1. The molecule has 0 spiro atoms. The molecule has 0 saturated carbocycles. The quantitative estimate of drug-likeness (QED) is 0.199. The van der Waals surface area contributed by atoms with Crippen LogP contribution in [0.5, 0.6) is 0 Å². The highest BCUT2D eigenvalue weighted by Gasteiger charge is 2.24. The number of ether oxygens (including phenoxy) is 1. The molecular formula is C23H18ClN3O3S2. The molecule has 1 amide bonds. The Balaban J connectivity index is 1.56. The van der Waals surface area contributed by atoms with Crippen LogP contribution < -0.4 is 5.32 Å². The highest BCUT2D eigenvalue weighted by molar-refractivity contribution is 8.00. The summed E-state index contributed by atoms with van der Waals surface area (Å²) in [6.45, 7) is 1.96. The van der Waals surface area contributed by atoms with Gasteiger partial charge in [-0.05, 0) is 19.1 Å². The molecule has 0 aliphatic heterocycles. The van der Waals surface area contributed by atoms with E-state index in [1.165, 1.54) is 29.4 Å². The first-order chi connectivity index (χ1) is 15.6. The molecule has 4 rings (SSSR count). The van der Waals surface area contributed by atoms with Crippen molar-refractivity contribution in [3.05, 3.63) is 70.8 Å². The number of rotatable bonds is 7. The third kappa shape index (κ3) is 4.77. The Bertz CT molecular complexity index is 1290. The Hall–Kier alpha value is -2.94. The van der Waals surface area contributed by atoms with Crippen LogP contribution in [0.25, 0.3) is 22.0 Å². The SMILES string of the molecule is CCOC(=O)c1c(-c2ccccc2Cl)csc1NC(=O)CSc1ncnc2ccccc12. The van der Waals surface area contributed by atoms with Gasteiger partial charge < -0.3 is 10.1 Å². The van der Waals surface area contributed by atoms with Gasteiger partial charge in [0.25, 0.3) is 0 Å². The first kappa shape index (κ1) is 22.3. The van der Waals surface area contributed by atoms with Gasteiger partial charge in [-0.15, -0.1) is 11.3 Å². The van der Waals surface area contributed by atoms with Crippen LogP contribution in [0.3, 0.4) is 0 Å². The van der Waals surface area contributed by atoms with Crippen molar-refractivity contribution in [2.24, 2.45) is 0 Å². The minimum absolute atomic E-state index is 0.128. The number of anilines is 1. The summed E-state index contributed by atoms with van der Waals surface area (Å²) in [5.41, 5.74) is 2.45. The largest absolute Gasteiger partial charge is 0.462 e. The maximum atomic E-state index is 12.7. The molecule has 6 nitrogen and oxygen atoms in total. The van der Waals surface area contributed by atoms with Gasteiger partial charge in [-0.25, -0.2) is 14.8 Å². The Morgan fingerprint density at radius 2 is 1.88 bits per heavy atom. The lowest BCUT2D eigenvalue weighted by molar-refractivity contribution is -0.113. The van der Waals surface area contributed by atoms with E-state index in [9.17, 15) is 9.59 Å². The van der Waals surface area contributed by atoms with E-state index in [1.807, 2.05) is 42.5 Å². The zero-order chi connectivity index (χ0) is 22.5. The fourth-order valence-electron chi connectivity index (χ4n) is 3.13. The van der Waals surface area contributed by atoms with Gasteiger partial charge in [-0.2, -0.15) is 0 Å². The maximum absolute atomic E-state index is 12.7. The van der Waals surface area contributed by atoms with E-state index < -0.39 is 5.97 Å². The summed E-state index contributed by atoms with van der Waals surface area (Å²) in [4.78, 5) is 34.0. The van der Waals surface area contributed by atoms with Crippen LogP contribution >= 0.6 is 34.7 Å². The first-order valence-electron chi connectivity index (χ1n) is 9.74. The summed E-state index contributed by atoms with van der Waals surface area (Å²) in [6.07, 6.45) is 1.48. The normalized spacial score (nSPS) is 10.8. The summed E-state index contributed by atoms with van der Waals surface area (Å²) in [5, 5.41) is 7.20. The zero-order valence-corrected chi connectivity index (χ0v) is 19.4. The number of thiophene rings is 1. The number of aromatic nitrogens is 2. The molecular weight excluding hydrogens is 466 g/mol. The summed E-state index contributed by atoms with van der Waals surface area (Å²) in [5.74, 6) is -0.632. The number of para-hydroxylation sites is 1. The van der Waals surface area contributed by atoms with Gasteiger partial charge in [-0.3, -0.25) is 4.79 Å². The van der Waals surface area contributed by atoms with Gasteiger partial charge in [-0.1, -0.05) is 59.8 Å². The minimum Gasteiger partial charge on any atom is -0.462 e. The number of nitrogens with zero attached hydrogens (tertiary/aromatic N) is 2. The molecule has 2 heterocycles. The zero-order valence-electron chi connectivity index (χ0n) is 17.0. The predicted octanol–water partition coefficient (Wildman–Crippen LogP) is 5.92. The summed E-state index contributed by atoms with van der Waals surface area (Å²) < 4.78 is 5.24. The average molecular weight is 484 g/mol. The van der Waals surface area contributed by atoms with Crippen molar-refractivity contribution in [3.63, 3.8) is 0 Å². The van der Waals surface area contributed by atoms with Gasteiger partial charge >= 0.3 is 5.97 Å². The van der Waals surface area contributed by atoms with Gasteiger partial charge in [0.2, 0.25) is 5.91 Å². The first-order valence-corrected chi connectivity index (χ1v) is 12.0. The number of hydrogen-bond acceptors (Lipinski definition) is 7. The number of fused-ring (bicyclic) bond motifs is 1. The Labute approximate surface area is 198 Å². The minimum atomic E-state index is -0.506. The molecule has 0 radical (unpaired) electrons. The van der Waals surface area contributed by atoms with Gasteiger partial charge in [0, 0.05) is 26.9 Å². The molecule has 0 atom stereocenters. The van der Waals surface area contributed by atoms with Crippen molar-refractivity contribution in [2.75, 3.05) is 17.7 Å². The number of carbonyl (C=O) groups is 2. The number of esters is 1. The van der Waals surface area contributed by atoms with E-state index in [0.29, 0.717) is 26.7 Å². The lowest BCUT2D eigenvalue weighted by atomic mass is 10.0. The smallest absolute Gasteiger partial charge is 0.341 e. The van der Waals surface area contributed by atoms with E-state index in [4.69, 9.17) is 16.3 Å². The highest BCUT2D eigenvalue weighted by atomic mass is 35.5. The lowest BCUT2D eigenvalue weighted by Gasteiger charge is -2.10. The van der Waals surface area contributed by atoms with Crippen LogP contribution in [0.15, 0.2) is 65.3 Å². The average Bonchev–Trinajstić information content (AvgIpc) is 3.21. The third-order valence-electron chi connectivity index (χ3n) is 4.53. The lowest BCUT2D eigenvalue weighted by Crippen LogP contribution is -2.16. The number of hydrogen-bond donors (Lipinski definition) is 1. The maximum Gasteiger partial charge on any atom is 0.341 e. The topological polar surface area (TPSA) is 81.2 Å². The van der Waals surface area contributed by atoms with Crippen molar-refractivity contribution in [1.82, 2.24) is 9.97 Å².